The zero-order valence-electron chi connectivity index (χ0n) is 10.6. The second-order valence-corrected chi connectivity index (χ2v) is 4.56. The van der Waals surface area contributed by atoms with Gasteiger partial charge in [0.05, 0.1) is 18.7 Å². The third-order valence-corrected chi connectivity index (χ3v) is 2.55. The first-order valence-electron chi connectivity index (χ1n) is 5.56. The van der Waals surface area contributed by atoms with Gasteiger partial charge >= 0.3 is 0 Å². The maximum absolute atomic E-state index is 11.6. The van der Waals surface area contributed by atoms with Crippen molar-refractivity contribution in [3.05, 3.63) is 17.0 Å². The van der Waals surface area contributed by atoms with E-state index in [0.717, 1.165) is 0 Å². The van der Waals surface area contributed by atoms with Crippen LogP contribution in [0, 0.1) is 0 Å². The number of anilines is 1. The van der Waals surface area contributed by atoms with Gasteiger partial charge in [0, 0.05) is 13.1 Å². The number of hydrogen-bond donors (Lipinski definition) is 2. The Labute approximate surface area is 111 Å². The summed E-state index contributed by atoms with van der Waals surface area (Å²) in [5.74, 6) is 0.336. The molecule has 1 aromatic rings. The van der Waals surface area contributed by atoms with Crippen molar-refractivity contribution in [3.63, 3.8) is 0 Å². The molecule has 7 heteroatoms. The third kappa shape index (κ3) is 3.82. The average molecular weight is 273 g/mol. The Kier molecular flexibility index (Phi) is 5.30. The number of carbonyl (C=O) groups excluding carboxylic acids is 1. The van der Waals surface area contributed by atoms with Gasteiger partial charge in [-0.15, -0.1) is 0 Å². The molecule has 1 aromatic heterocycles. The molecule has 6 nitrogen and oxygen atoms in total. The van der Waals surface area contributed by atoms with Crippen LogP contribution in [0.3, 0.4) is 0 Å². The molecule has 18 heavy (non-hydrogen) atoms. The molecular formula is C11H17ClN4O2. The predicted octanol–water partition coefficient (Wildman–Crippen LogP) is 0.583. The molecule has 1 rings (SSSR count). The van der Waals surface area contributed by atoms with E-state index in [2.05, 4.69) is 15.3 Å². The number of hydrogen-bond acceptors (Lipinski definition) is 5. The van der Waals surface area contributed by atoms with Crippen LogP contribution in [0.5, 0.6) is 0 Å². The van der Waals surface area contributed by atoms with Crippen molar-refractivity contribution in [2.24, 2.45) is 0 Å². The minimum atomic E-state index is -0.273. The molecule has 0 aliphatic carbocycles. The minimum absolute atomic E-state index is 0.0807. The van der Waals surface area contributed by atoms with Gasteiger partial charge in [0.2, 0.25) is 5.91 Å². The molecule has 0 aliphatic heterocycles. The third-order valence-electron chi connectivity index (χ3n) is 2.22. The van der Waals surface area contributed by atoms with Gasteiger partial charge in [-0.05, 0) is 13.8 Å². The van der Waals surface area contributed by atoms with E-state index in [1.54, 1.807) is 11.9 Å². The molecule has 0 bridgehead atoms. The standard InChI is InChI=1S/C11H17ClN4O2/c1-7(2)15-9(18)4-16(3)11-8(5-17)10(12)13-6-14-11/h6-7,17H,4-5H2,1-3H3,(H,15,18). The second-order valence-electron chi connectivity index (χ2n) is 4.20. The van der Waals surface area contributed by atoms with Crippen LogP contribution < -0.4 is 10.2 Å². The van der Waals surface area contributed by atoms with Crippen LogP contribution in [0.2, 0.25) is 5.15 Å². The van der Waals surface area contributed by atoms with Crippen molar-refractivity contribution < 1.29 is 9.90 Å². The number of aromatic nitrogens is 2. The fourth-order valence-electron chi connectivity index (χ4n) is 1.51. The number of nitrogens with one attached hydrogen (secondary N) is 1. The molecule has 0 aliphatic rings. The number of rotatable bonds is 5. The fourth-order valence-corrected chi connectivity index (χ4v) is 1.69. The van der Waals surface area contributed by atoms with Crippen LogP contribution in [0.15, 0.2) is 6.33 Å². The van der Waals surface area contributed by atoms with Gasteiger partial charge in [-0.2, -0.15) is 0 Å². The van der Waals surface area contributed by atoms with E-state index in [1.807, 2.05) is 13.8 Å². The molecule has 0 saturated heterocycles. The lowest BCUT2D eigenvalue weighted by atomic mass is 10.3. The molecule has 100 valence electrons. The molecule has 0 unspecified atom stereocenters. The van der Waals surface area contributed by atoms with Crippen molar-refractivity contribution in [1.82, 2.24) is 15.3 Å². The summed E-state index contributed by atoms with van der Waals surface area (Å²) < 4.78 is 0. The largest absolute Gasteiger partial charge is 0.391 e. The van der Waals surface area contributed by atoms with Gasteiger partial charge in [0.25, 0.3) is 0 Å². The van der Waals surface area contributed by atoms with E-state index in [4.69, 9.17) is 11.6 Å². The highest BCUT2D eigenvalue weighted by Crippen LogP contribution is 2.21. The normalized spacial score (nSPS) is 10.6. The van der Waals surface area contributed by atoms with Gasteiger partial charge in [-0.1, -0.05) is 11.6 Å². The topological polar surface area (TPSA) is 78.4 Å². The van der Waals surface area contributed by atoms with Crippen molar-refractivity contribution in [2.75, 3.05) is 18.5 Å². The summed E-state index contributed by atoms with van der Waals surface area (Å²) in [6.07, 6.45) is 1.30. The smallest absolute Gasteiger partial charge is 0.239 e. The highest BCUT2D eigenvalue weighted by atomic mass is 35.5. The Morgan fingerprint density at radius 2 is 2.22 bits per heavy atom. The first kappa shape index (κ1) is 14.7. The molecule has 1 heterocycles. The van der Waals surface area contributed by atoms with E-state index in [0.29, 0.717) is 11.4 Å². The lowest BCUT2D eigenvalue weighted by Gasteiger charge is -2.20. The summed E-state index contributed by atoms with van der Waals surface area (Å²) in [5.41, 5.74) is 0.416. The molecule has 2 N–H and O–H groups in total. The van der Waals surface area contributed by atoms with E-state index in [1.165, 1.54) is 6.33 Å². The van der Waals surface area contributed by atoms with E-state index < -0.39 is 0 Å². The molecule has 0 aromatic carbocycles. The summed E-state index contributed by atoms with van der Waals surface area (Å²) in [6, 6.07) is 0.0807. The number of carbonyl (C=O) groups is 1. The van der Waals surface area contributed by atoms with Crippen LogP contribution in [-0.4, -0.2) is 40.6 Å². The maximum Gasteiger partial charge on any atom is 0.239 e. The second kappa shape index (κ2) is 6.51. The Hall–Kier alpha value is -1.40. The van der Waals surface area contributed by atoms with E-state index >= 15 is 0 Å². The Morgan fingerprint density at radius 3 is 2.78 bits per heavy atom. The Bertz CT molecular complexity index is 426. The number of likely N-dealkylation sites (N-methyl/N-ethyl adjacent to an activating group) is 1. The lowest BCUT2D eigenvalue weighted by molar-refractivity contribution is -0.120. The van der Waals surface area contributed by atoms with Crippen molar-refractivity contribution in [2.45, 2.75) is 26.5 Å². The first-order valence-corrected chi connectivity index (χ1v) is 5.94. The summed E-state index contributed by atoms with van der Waals surface area (Å²) >= 11 is 5.86. The molecule has 0 saturated carbocycles. The molecule has 0 spiro atoms. The van der Waals surface area contributed by atoms with Crippen LogP contribution in [0.1, 0.15) is 19.4 Å². The number of aliphatic hydroxyl groups is 1. The number of halogens is 1. The number of aliphatic hydroxyl groups excluding tert-OH is 1. The van der Waals surface area contributed by atoms with Crippen LogP contribution in [0.25, 0.3) is 0 Å². The zero-order chi connectivity index (χ0) is 13.7. The van der Waals surface area contributed by atoms with Gasteiger partial charge in [-0.3, -0.25) is 4.79 Å². The molecule has 0 fully saturated rings. The highest BCUT2D eigenvalue weighted by Gasteiger charge is 2.15. The van der Waals surface area contributed by atoms with Gasteiger partial charge < -0.3 is 15.3 Å². The quantitative estimate of drug-likeness (QED) is 0.767. The lowest BCUT2D eigenvalue weighted by Crippen LogP contribution is -2.39. The minimum Gasteiger partial charge on any atom is -0.391 e. The van der Waals surface area contributed by atoms with E-state index in [9.17, 15) is 9.90 Å². The predicted molar refractivity (Wildman–Crippen MR) is 69.5 cm³/mol. The monoisotopic (exact) mass is 272 g/mol. The van der Waals surface area contributed by atoms with Crippen LogP contribution >= 0.6 is 11.6 Å². The fraction of sp³-hybridized carbons (Fsp3) is 0.545. The van der Waals surface area contributed by atoms with Crippen molar-refractivity contribution >= 4 is 23.3 Å². The van der Waals surface area contributed by atoms with Crippen LogP contribution in [-0.2, 0) is 11.4 Å². The van der Waals surface area contributed by atoms with E-state index in [-0.39, 0.29) is 30.3 Å². The summed E-state index contributed by atoms with van der Waals surface area (Å²) in [5, 5.41) is 12.2. The zero-order valence-corrected chi connectivity index (χ0v) is 11.4. The summed E-state index contributed by atoms with van der Waals surface area (Å²) in [7, 11) is 1.71. The molecule has 0 radical (unpaired) electrons. The number of amides is 1. The number of nitrogens with zero attached hydrogens (tertiary/aromatic N) is 3. The Morgan fingerprint density at radius 1 is 1.56 bits per heavy atom. The highest BCUT2D eigenvalue weighted by molar-refractivity contribution is 6.30. The average Bonchev–Trinajstić information content (AvgIpc) is 2.27. The van der Waals surface area contributed by atoms with Gasteiger partial charge in [0.15, 0.2) is 0 Å². The molecule has 1 amide bonds. The molecule has 0 atom stereocenters. The Balaban J connectivity index is 2.81. The van der Waals surface area contributed by atoms with Crippen molar-refractivity contribution in [3.8, 4) is 0 Å². The summed E-state index contributed by atoms with van der Waals surface area (Å²) in [6.45, 7) is 3.64. The first-order chi connectivity index (χ1) is 8.45. The van der Waals surface area contributed by atoms with Crippen LogP contribution in [0.4, 0.5) is 5.82 Å². The van der Waals surface area contributed by atoms with Gasteiger partial charge in [0.1, 0.15) is 17.3 Å². The maximum atomic E-state index is 11.6. The molecular weight excluding hydrogens is 256 g/mol. The SMILES string of the molecule is CC(C)NC(=O)CN(C)c1ncnc(Cl)c1CO. The van der Waals surface area contributed by atoms with Gasteiger partial charge in [-0.25, -0.2) is 9.97 Å². The van der Waals surface area contributed by atoms with Crippen molar-refractivity contribution in [1.29, 1.82) is 0 Å². The summed E-state index contributed by atoms with van der Waals surface area (Å²) in [4.78, 5) is 21.1.